The largest absolute Gasteiger partial charge is 0.322 e. The van der Waals surface area contributed by atoms with E-state index in [1.807, 2.05) is 41.9 Å². The average molecular weight is 402 g/mol. The Kier molecular flexibility index (Phi) is 5.57. The summed E-state index contributed by atoms with van der Waals surface area (Å²) in [5.41, 5.74) is 1.86. The number of piperazine rings is 1. The molecule has 0 bridgehead atoms. The van der Waals surface area contributed by atoms with Gasteiger partial charge in [0.2, 0.25) is 0 Å². The van der Waals surface area contributed by atoms with Gasteiger partial charge in [0.05, 0.1) is 6.07 Å². The highest BCUT2D eigenvalue weighted by molar-refractivity contribution is 9.10. The smallest absolute Gasteiger partial charge is 0.143 e. The van der Waals surface area contributed by atoms with Gasteiger partial charge in [0.25, 0.3) is 0 Å². The highest BCUT2D eigenvalue weighted by Crippen LogP contribution is 2.32. The van der Waals surface area contributed by atoms with Crippen molar-refractivity contribution in [3.8, 4) is 17.5 Å². The Morgan fingerprint density at radius 2 is 1.68 bits per heavy atom. The molecule has 132 valence electrons. The van der Waals surface area contributed by atoms with Gasteiger partial charge in [0.1, 0.15) is 22.2 Å². The molecule has 0 amide bonds. The first-order valence-corrected chi connectivity index (χ1v) is 9.47. The molecule has 0 aliphatic carbocycles. The number of benzene rings is 1. The van der Waals surface area contributed by atoms with Gasteiger partial charge in [-0.3, -0.25) is 9.80 Å². The zero-order valence-corrected chi connectivity index (χ0v) is 16.6. The maximum absolute atomic E-state index is 9.83. The van der Waals surface area contributed by atoms with Crippen molar-refractivity contribution in [2.75, 3.05) is 26.2 Å². The van der Waals surface area contributed by atoms with Crippen molar-refractivity contribution in [3.05, 3.63) is 40.6 Å². The maximum Gasteiger partial charge on any atom is 0.143 e. The van der Waals surface area contributed by atoms with Crippen LogP contribution in [-0.4, -0.2) is 51.6 Å². The molecule has 2 aromatic rings. The summed E-state index contributed by atoms with van der Waals surface area (Å²) in [6.07, 6.45) is 0. The second-order valence-corrected chi connectivity index (χ2v) is 7.48. The lowest BCUT2D eigenvalue weighted by Gasteiger charge is -2.38. The van der Waals surface area contributed by atoms with Crippen LogP contribution in [-0.2, 0) is 7.05 Å². The number of aromatic nitrogens is 2. The Hall–Kier alpha value is -1.68. The third kappa shape index (κ3) is 3.64. The molecule has 1 aromatic heterocycles. The second-order valence-electron chi connectivity index (χ2n) is 6.73. The van der Waals surface area contributed by atoms with Gasteiger partial charge in [-0.1, -0.05) is 30.3 Å². The standard InChI is InChI=1S/C19H24BrN5/c1-14(2)24-9-11-25(12-10-24)16(13-21)17-18(20)23(3)19(22-17)15-7-5-4-6-8-15/h4-8,14,16H,9-12H2,1-3H3. The molecule has 1 saturated heterocycles. The quantitative estimate of drug-likeness (QED) is 0.786. The van der Waals surface area contributed by atoms with Gasteiger partial charge in [0, 0.05) is 44.8 Å². The zero-order valence-electron chi connectivity index (χ0n) is 15.0. The Morgan fingerprint density at radius 1 is 1.08 bits per heavy atom. The summed E-state index contributed by atoms with van der Waals surface area (Å²) in [6, 6.07) is 12.8. The fraction of sp³-hybridized carbons (Fsp3) is 0.474. The molecule has 1 atom stereocenters. The number of rotatable bonds is 4. The van der Waals surface area contributed by atoms with Crippen molar-refractivity contribution in [3.63, 3.8) is 0 Å². The van der Waals surface area contributed by atoms with Crippen molar-refractivity contribution < 1.29 is 0 Å². The van der Waals surface area contributed by atoms with E-state index in [2.05, 4.69) is 45.6 Å². The number of imidazole rings is 1. The third-order valence-corrected chi connectivity index (χ3v) is 5.85. The van der Waals surface area contributed by atoms with Gasteiger partial charge >= 0.3 is 0 Å². The zero-order chi connectivity index (χ0) is 18.0. The summed E-state index contributed by atoms with van der Waals surface area (Å²) < 4.78 is 2.89. The normalized spacial score (nSPS) is 17.6. The lowest BCUT2D eigenvalue weighted by Crippen LogP contribution is -2.49. The average Bonchev–Trinajstić information content (AvgIpc) is 2.93. The molecule has 1 fully saturated rings. The molecule has 0 spiro atoms. The fourth-order valence-electron chi connectivity index (χ4n) is 3.35. The molecule has 0 N–H and O–H groups in total. The van der Waals surface area contributed by atoms with Crippen LogP contribution >= 0.6 is 15.9 Å². The number of halogens is 1. The van der Waals surface area contributed by atoms with Crippen LogP contribution < -0.4 is 0 Å². The molecule has 0 saturated carbocycles. The van der Waals surface area contributed by atoms with Gasteiger partial charge in [0.15, 0.2) is 0 Å². The number of nitriles is 1. The predicted octanol–water partition coefficient (Wildman–Crippen LogP) is 3.44. The molecule has 1 aliphatic rings. The van der Waals surface area contributed by atoms with Gasteiger partial charge in [-0.25, -0.2) is 4.98 Å². The summed E-state index contributed by atoms with van der Waals surface area (Å²) in [5.74, 6) is 0.878. The van der Waals surface area contributed by atoms with Crippen LogP contribution in [0.3, 0.4) is 0 Å². The minimum Gasteiger partial charge on any atom is -0.322 e. The lowest BCUT2D eigenvalue weighted by molar-refractivity contribution is 0.0920. The van der Waals surface area contributed by atoms with E-state index in [1.165, 1.54) is 0 Å². The molecule has 0 radical (unpaired) electrons. The molecule has 6 heteroatoms. The Labute approximate surface area is 158 Å². The molecule has 2 heterocycles. The topological polar surface area (TPSA) is 48.1 Å². The fourth-order valence-corrected chi connectivity index (χ4v) is 3.82. The Balaban J connectivity index is 1.87. The van der Waals surface area contributed by atoms with Gasteiger partial charge in [-0.2, -0.15) is 5.26 Å². The van der Waals surface area contributed by atoms with Crippen LogP contribution in [0.15, 0.2) is 34.9 Å². The highest BCUT2D eigenvalue weighted by Gasteiger charge is 2.30. The molecule has 1 aromatic carbocycles. The van der Waals surface area contributed by atoms with Crippen LogP contribution in [0.2, 0.25) is 0 Å². The van der Waals surface area contributed by atoms with E-state index in [-0.39, 0.29) is 6.04 Å². The van der Waals surface area contributed by atoms with Crippen molar-refractivity contribution in [1.82, 2.24) is 19.4 Å². The first-order chi connectivity index (χ1) is 12.0. The van der Waals surface area contributed by atoms with Crippen LogP contribution in [0.1, 0.15) is 25.6 Å². The first-order valence-electron chi connectivity index (χ1n) is 8.68. The molecule has 1 unspecified atom stereocenters. The van der Waals surface area contributed by atoms with E-state index in [9.17, 15) is 5.26 Å². The second kappa shape index (κ2) is 7.69. The summed E-state index contributed by atoms with van der Waals surface area (Å²) in [7, 11) is 1.98. The molecule has 5 nitrogen and oxygen atoms in total. The van der Waals surface area contributed by atoms with Gasteiger partial charge in [-0.05, 0) is 29.8 Å². The first kappa shape index (κ1) is 18.1. The molecule has 1 aliphatic heterocycles. The van der Waals surface area contributed by atoms with Crippen LogP contribution in [0, 0.1) is 11.3 Å². The van der Waals surface area contributed by atoms with E-state index in [0.717, 1.165) is 47.9 Å². The third-order valence-electron chi connectivity index (χ3n) is 4.91. The van der Waals surface area contributed by atoms with Crippen molar-refractivity contribution in [2.24, 2.45) is 7.05 Å². The van der Waals surface area contributed by atoms with Gasteiger partial charge in [-0.15, -0.1) is 0 Å². The maximum atomic E-state index is 9.83. The minimum absolute atomic E-state index is 0.327. The molecular formula is C19H24BrN5. The number of nitrogens with zero attached hydrogens (tertiary/aromatic N) is 5. The Bertz CT molecular complexity index is 754. The van der Waals surface area contributed by atoms with Crippen molar-refractivity contribution in [1.29, 1.82) is 5.26 Å². The van der Waals surface area contributed by atoms with E-state index in [0.29, 0.717) is 6.04 Å². The van der Waals surface area contributed by atoms with Crippen LogP contribution in [0.4, 0.5) is 0 Å². The molecule has 25 heavy (non-hydrogen) atoms. The number of hydrogen-bond acceptors (Lipinski definition) is 4. The summed E-state index contributed by atoms with van der Waals surface area (Å²) in [6.45, 7) is 8.20. The molecule has 3 rings (SSSR count). The van der Waals surface area contributed by atoms with E-state index >= 15 is 0 Å². The van der Waals surface area contributed by atoms with Crippen molar-refractivity contribution >= 4 is 15.9 Å². The van der Waals surface area contributed by atoms with Crippen molar-refractivity contribution in [2.45, 2.75) is 25.9 Å². The summed E-state index contributed by atoms with van der Waals surface area (Å²) >= 11 is 3.65. The minimum atomic E-state index is -0.327. The summed E-state index contributed by atoms with van der Waals surface area (Å²) in [5, 5.41) is 9.83. The summed E-state index contributed by atoms with van der Waals surface area (Å²) in [4.78, 5) is 9.51. The monoisotopic (exact) mass is 401 g/mol. The van der Waals surface area contributed by atoms with Crippen LogP contribution in [0.5, 0.6) is 0 Å². The van der Waals surface area contributed by atoms with Crippen LogP contribution in [0.25, 0.3) is 11.4 Å². The van der Waals surface area contributed by atoms with E-state index < -0.39 is 0 Å². The number of hydrogen-bond donors (Lipinski definition) is 0. The van der Waals surface area contributed by atoms with Gasteiger partial charge < -0.3 is 4.57 Å². The van der Waals surface area contributed by atoms with E-state index in [4.69, 9.17) is 4.98 Å². The molecular weight excluding hydrogens is 378 g/mol. The Morgan fingerprint density at radius 3 is 2.24 bits per heavy atom. The highest BCUT2D eigenvalue weighted by atomic mass is 79.9. The predicted molar refractivity (Wildman–Crippen MR) is 103 cm³/mol. The SMILES string of the molecule is CC(C)N1CCN(C(C#N)c2nc(-c3ccccc3)n(C)c2Br)CC1. The lowest BCUT2D eigenvalue weighted by atomic mass is 10.1. The van der Waals surface area contributed by atoms with E-state index in [1.54, 1.807) is 0 Å².